The zero-order valence-electron chi connectivity index (χ0n) is 17.4. The standard InChI is InChI=1S/C24H28N4O2/c1-19-6-5-9-21(14-19)16-27-10-12-28(13-11-27)17-23-26-22(18-30-23)24(29)25-15-20-7-3-2-4-8-20/h2-9,14,18H,10-13,15-17H2,1H3,(H,25,29). The smallest absolute Gasteiger partial charge is 0.273 e. The van der Waals surface area contributed by atoms with Gasteiger partial charge in [0.1, 0.15) is 6.26 Å². The van der Waals surface area contributed by atoms with Gasteiger partial charge in [-0.2, -0.15) is 0 Å². The number of amides is 1. The van der Waals surface area contributed by atoms with Crippen LogP contribution in [0.25, 0.3) is 0 Å². The molecule has 0 atom stereocenters. The highest BCUT2D eigenvalue weighted by Crippen LogP contribution is 2.13. The van der Waals surface area contributed by atoms with E-state index in [4.69, 9.17) is 4.42 Å². The van der Waals surface area contributed by atoms with Crippen molar-refractivity contribution in [3.63, 3.8) is 0 Å². The number of nitrogens with zero attached hydrogens (tertiary/aromatic N) is 3. The van der Waals surface area contributed by atoms with Crippen molar-refractivity contribution in [2.24, 2.45) is 0 Å². The number of oxazole rings is 1. The Morgan fingerprint density at radius 1 is 0.967 bits per heavy atom. The van der Waals surface area contributed by atoms with Crippen molar-refractivity contribution in [3.05, 3.63) is 89.1 Å². The van der Waals surface area contributed by atoms with Gasteiger partial charge < -0.3 is 9.73 Å². The highest BCUT2D eigenvalue weighted by molar-refractivity contribution is 5.91. The molecule has 1 saturated heterocycles. The van der Waals surface area contributed by atoms with E-state index in [9.17, 15) is 4.79 Å². The Morgan fingerprint density at radius 2 is 1.67 bits per heavy atom. The molecule has 0 spiro atoms. The Balaban J connectivity index is 1.23. The molecular weight excluding hydrogens is 376 g/mol. The molecule has 1 aromatic heterocycles. The number of nitrogens with one attached hydrogen (secondary N) is 1. The fraction of sp³-hybridized carbons (Fsp3) is 0.333. The van der Waals surface area contributed by atoms with E-state index in [1.165, 1.54) is 17.4 Å². The van der Waals surface area contributed by atoms with Gasteiger partial charge in [-0.3, -0.25) is 14.6 Å². The largest absolute Gasteiger partial charge is 0.447 e. The summed E-state index contributed by atoms with van der Waals surface area (Å²) in [6.45, 7) is 8.18. The summed E-state index contributed by atoms with van der Waals surface area (Å²) >= 11 is 0. The van der Waals surface area contributed by atoms with Crippen LogP contribution in [0.15, 0.2) is 65.3 Å². The van der Waals surface area contributed by atoms with Gasteiger partial charge in [0.2, 0.25) is 5.89 Å². The monoisotopic (exact) mass is 404 g/mol. The van der Waals surface area contributed by atoms with Crippen LogP contribution in [-0.4, -0.2) is 46.9 Å². The molecule has 2 aromatic carbocycles. The van der Waals surface area contributed by atoms with Crippen molar-refractivity contribution in [2.75, 3.05) is 26.2 Å². The maximum Gasteiger partial charge on any atom is 0.273 e. The predicted molar refractivity (Wildman–Crippen MR) is 116 cm³/mol. The molecule has 1 fully saturated rings. The molecule has 0 unspecified atom stereocenters. The van der Waals surface area contributed by atoms with Gasteiger partial charge in [-0.15, -0.1) is 0 Å². The lowest BCUT2D eigenvalue weighted by molar-refractivity contribution is 0.0945. The summed E-state index contributed by atoms with van der Waals surface area (Å²) < 4.78 is 5.55. The van der Waals surface area contributed by atoms with E-state index in [0.717, 1.165) is 38.3 Å². The van der Waals surface area contributed by atoms with Gasteiger partial charge in [0, 0.05) is 39.3 Å². The van der Waals surface area contributed by atoms with Crippen LogP contribution >= 0.6 is 0 Å². The van der Waals surface area contributed by atoms with Crippen LogP contribution in [0, 0.1) is 6.92 Å². The van der Waals surface area contributed by atoms with E-state index in [-0.39, 0.29) is 5.91 Å². The quantitative estimate of drug-likeness (QED) is 0.655. The second kappa shape index (κ2) is 9.69. The molecule has 0 radical (unpaired) electrons. The van der Waals surface area contributed by atoms with Crippen LogP contribution in [-0.2, 0) is 19.6 Å². The van der Waals surface area contributed by atoms with Crippen molar-refractivity contribution in [1.82, 2.24) is 20.1 Å². The number of carbonyl (C=O) groups excluding carboxylic acids is 1. The highest BCUT2D eigenvalue weighted by atomic mass is 16.3. The van der Waals surface area contributed by atoms with Crippen LogP contribution < -0.4 is 5.32 Å². The SMILES string of the molecule is Cc1cccc(CN2CCN(Cc3nc(C(=O)NCc4ccccc4)co3)CC2)c1. The van der Waals surface area contributed by atoms with E-state index >= 15 is 0 Å². The molecule has 1 amide bonds. The van der Waals surface area contributed by atoms with Gasteiger partial charge in [-0.25, -0.2) is 4.98 Å². The lowest BCUT2D eigenvalue weighted by Crippen LogP contribution is -2.45. The first-order valence-electron chi connectivity index (χ1n) is 10.4. The number of aryl methyl sites for hydroxylation is 1. The molecule has 6 heteroatoms. The molecular formula is C24H28N4O2. The topological polar surface area (TPSA) is 61.6 Å². The van der Waals surface area contributed by atoms with Crippen LogP contribution in [0.5, 0.6) is 0 Å². The Bertz CT molecular complexity index is 962. The van der Waals surface area contributed by atoms with E-state index in [2.05, 4.69) is 51.3 Å². The van der Waals surface area contributed by atoms with E-state index < -0.39 is 0 Å². The van der Waals surface area contributed by atoms with Crippen molar-refractivity contribution in [3.8, 4) is 0 Å². The number of hydrogen-bond donors (Lipinski definition) is 1. The highest BCUT2D eigenvalue weighted by Gasteiger charge is 2.20. The average Bonchev–Trinajstić information content (AvgIpc) is 3.23. The van der Waals surface area contributed by atoms with Crippen LogP contribution in [0.2, 0.25) is 0 Å². The van der Waals surface area contributed by atoms with Crippen LogP contribution in [0.1, 0.15) is 33.1 Å². The van der Waals surface area contributed by atoms with Gasteiger partial charge in [-0.05, 0) is 18.1 Å². The second-order valence-electron chi connectivity index (χ2n) is 7.84. The summed E-state index contributed by atoms with van der Waals surface area (Å²) in [6, 6.07) is 18.5. The van der Waals surface area contributed by atoms with Crippen LogP contribution in [0.4, 0.5) is 0 Å². The molecule has 1 aliphatic heterocycles. The van der Waals surface area contributed by atoms with Crippen molar-refractivity contribution >= 4 is 5.91 Å². The molecule has 1 N–H and O–H groups in total. The number of rotatable bonds is 7. The Hall–Kier alpha value is -2.96. The third-order valence-electron chi connectivity index (χ3n) is 5.39. The maximum absolute atomic E-state index is 12.3. The summed E-state index contributed by atoms with van der Waals surface area (Å²) in [5.74, 6) is 0.379. The predicted octanol–water partition coefficient (Wildman–Crippen LogP) is 3.23. The molecule has 0 aliphatic carbocycles. The Labute approximate surface area is 177 Å². The van der Waals surface area contributed by atoms with E-state index in [1.54, 1.807) is 0 Å². The van der Waals surface area contributed by atoms with E-state index in [1.807, 2.05) is 30.3 Å². The number of aromatic nitrogens is 1. The first-order valence-corrected chi connectivity index (χ1v) is 10.4. The number of hydrogen-bond acceptors (Lipinski definition) is 5. The number of piperazine rings is 1. The van der Waals surface area contributed by atoms with Gasteiger partial charge in [-0.1, -0.05) is 60.2 Å². The lowest BCUT2D eigenvalue weighted by atomic mass is 10.1. The molecule has 1 aliphatic rings. The third kappa shape index (κ3) is 5.55. The molecule has 156 valence electrons. The van der Waals surface area contributed by atoms with Crippen molar-refractivity contribution in [1.29, 1.82) is 0 Å². The molecule has 4 rings (SSSR count). The van der Waals surface area contributed by atoms with Gasteiger partial charge in [0.15, 0.2) is 5.69 Å². The zero-order chi connectivity index (χ0) is 20.8. The minimum absolute atomic E-state index is 0.211. The average molecular weight is 405 g/mol. The second-order valence-corrected chi connectivity index (χ2v) is 7.84. The van der Waals surface area contributed by atoms with E-state index in [0.29, 0.717) is 24.7 Å². The maximum atomic E-state index is 12.3. The molecule has 2 heterocycles. The molecule has 0 saturated carbocycles. The minimum atomic E-state index is -0.211. The zero-order valence-corrected chi connectivity index (χ0v) is 17.4. The summed E-state index contributed by atoms with van der Waals surface area (Å²) in [5, 5.41) is 2.88. The third-order valence-corrected chi connectivity index (χ3v) is 5.39. The Morgan fingerprint density at radius 3 is 2.40 bits per heavy atom. The van der Waals surface area contributed by atoms with Crippen LogP contribution in [0.3, 0.4) is 0 Å². The molecule has 30 heavy (non-hydrogen) atoms. The number of benzene rings is 2. The summed E-state index contributed by atoms with van der Waals surface area (Å²) in [5.41, 5.74) is 4.05. The normalized spacial score (nSPS) is 15.2. The Kier molecular flexibility index (Phi) is 6.57. The molecule has 6 nitrogen and oxygen atoms in total. The summed E-state index contributed by atoms with van der Waals surface area (Å²) in [4.78, 5) is 21.5. The van der Waals surface area contributed by atoms with Crippen molar-refractivity contribution in [2.45, 2.75) is 26.6 Å². The van der Waals surface area contributed by atoms with Crippen molar-refractivity contribution < 1.29 is 9.21 Å². The molecule has 3 aromatic rings. The van der Waals surface area contributed by atoms with Gasteiger partial charge in [0.25, 0.3) is 5.91 Å². The first-order chi connectivity index (χ1) is 14.7. The van der Waals surface area contributed by atoms with Gasteiger partial charge in [0.05, 0.1) is 6.54 Å². The number of carbonyl (C=O) groups is 1. The first kappa shape index (κ1) is 20.3. The fourth-order valence-electron chi connectivity index (χ4n) is 3.72. The lowest BCUT2D eigenvalue weighted by Gasteiger charge is -2.34. The summed E-state index contributed by atoms with van der Waals surface area (Å²) in [7, 11) is 0. The van der Waals surface area contributed by atoms with Gasteiger partial charge >= 0.3 is 0 Å². The minimum Gasteiger partial charge on any atom is -0.447 e. The fourth-order valence-corrected chi connectivity index (χ4v) is 3.72. The summed E-state index contributed by atoms with van der Waals surface area (Å²) in [6.07, 6.45) is 1.45. The molecule has 0 bridgehead atoms.